The van der Waals surface area contributed by atoms with Crippen LogP contribution in [-0.4, -0.2) is 14.8 Å². The van der Waals surface area contributed by atoms with Crippen molar-refractivity contribution in [2.45, 2.75) is 18.2 Å². The fourth-order valence-corrected chi connectivity index (χ4v) is 4.31. The van der Waals surface area contributed by atoms with Gasteiger partial charge in [0.05, 0.1) is 10.6 Å². The van der Waals surface area contributed by atoms with E-state index in [0.717, 1.165) is 35.4 Å². The van der Waals surface area contributed by atoms with Crippen LogP contribution in [0, 0.1) is 18.3 Å². The minimum atomic E-state index is -4.86. The summed E-state index contributed by atoms with van der Waals surface area (Å²) in [6, 6.07) is 12.8. The first kappa shape index (κ1) is 20.7. The summed E-state index contributed by atoms with van der Waals surface area (Å²) in [5.41, 5.74) is 2.48. The van der Waals surface area contributed by atoms with Gasteiger partial charge in [0.15, 0.2) is 0 Å². The molecule has 0 aliphatic rings. The van der Waals surface area contributed by atoms with Crippen molar-refractivity contribution in [3.8, 4) is 22.9 Å². The Morgan fingerprint density at radius 3 is 2.34 bits per heavy atom. The molecule has 29 heavy (non-hydrogen) atoms. The van der Waals surface area contributed by atoms with Crippen LogP contribution < -0.4 is 9.46 Å². The molecule has 150 valence electrons. The standard InChI is InChI=1S/C19H13F3N2O3S2/c1-12-2-3-13(14-8-16(10-23)28-11-14)9-18(12)24-29(25,26)17-6-4-15(5-7-17)27-19(20,21)22/h2-9,11,24H,1H3. The van der Waals surface area contributed by atoms with Crippen molar-refractivity contribution in [2.75, 3.05) is 4.72 Å². The zero-order valence-electron chi connectivity index (χ0n) is 14.8. The average Bonchev–Trinajstić information content (AvgIpc) is 3.12. The van der Waals surface area contributed by atoms with Crippen molar-refractivity contribution in [3.63, 3.8) is 0 Å². The lowest BCUT2D eigenvalue weighted by molar-refractivity contribution is -0.274. The highest BCUT2D eigenvalue weighted by Crippen LogP contribution is 2.30. The molecule has 0 fully saturated rings. The summed E-state index contributed by atoms with van der Waals surface area (Å²) in [7, 11) is -4.03. The molecule has 0 amide bonds. The second kappa shape index (κ2) is 7.77. The summed E-state index contributed by atoms with van der Waals surface area (Å²) in [6.45, 7) is 1.72. The SMILES string of the molecule is Cc1ccc(-c2csc(C#N)c2)cc1NS(=O)(=O)c1ccc(OC(F)(F)F)cc1. The topological polar surface area (TPSA) is 79.2 Å². The van der Waals surface area contributed by atoms with Crippen molar-refractivity contribution >= 4 is 27.0 Å². The minimum absolute atomic E-state index is 0.209. The van der Waals surface area contributed by atoms with E-state index in [0.29, 0.717) is 16.1 Å². The van der Waals surface area contributed by atoms with E-state index in [1.54, 1.807) is 36.6 Å². The summed E-state index contributed by atoms with van der Waals surface area (Å²) >= 11 is 1.28. The molecule has 0 bridgehead atoms. The molecule has 0 aliphatic carbocycles. The van der Waals surface area contributed by atoms with Crippen LogP contribution in [0.5, 0.6) is 5.75 Å². The smallest absolute Gasteiger partial charge is 0.406 e. The largest absolute Gasteiger partial charge is 0.573 e. The van der Waals surface area contributed by atoms with Gasteiger partial charge in [-0.05, 0) is 65.4 Å². The van der Waals surface area contributed by atoms with E-state index >= 15 is 0 Å². The number of hydrogen-bond donors (Lipinski definition) is 1. The number of ether oxygens (including phenoxy) is 1. The third-order valence-electron chi connectivity index (χ3n) is 3.89. The quantitative estimate of drug-likeness (QED) is 0.587. The maximum Gasteiger partial charge on any atom is 0.573 e. The van der Waals surface area contributed by atoms with Crippen molar-refractivity contribution in [1.29, 1.82) is 5.26 Å². The highest BCUT2D eigenvalue weighted by atomic mass is 32.2. The van der Waals surface area contributed by atoms with Crippen LogP contribution in [0.1, 0.15) is 10.4 Å². The number of rotatable bonds is 5. The van der Waals surface area contributed by atoms with Gasteiger partial charge < -0.3 is 4.74 Å². The van der Waals surface area contributed by atoms with E-state index in [4.69, 9.17) is 5.26 Å². The van der Waals surface area contributed by atoms with Crippen LogP contribution in [0.4, 0.5) is 18.9 Å². The Labute approximate surface area is 169 Å². The molecule has 1 aromatic heterocycles. The zero-order valence-corrected chi connectivity index (χ0v) is 16.5. The molecular weight excluding hydrogens is 425 g/mol. The number of anilines is 1. The summed E-state index contributed by atoms with van der Waals surface area (Å²) in [5, 5.41) is 10.7. The molecule has 1 N–H and O–H groups in total. The Kier molecular flexibility index (Phi) is 5.55. The lowest BCUT2D eigenvalue weighted by Gasteiger charge is -2.13. The number of alkyl halides is 3. The van der Waals surface area contributed by atoms with E-state index in [-0.39, 0.29) is 4.90 Å². The predicted octanol–water partition coefficient (Wildman–Crippen LogP) is 5.29. The lowest BCUT2D eigenvalue weighted by Crippen LogP contribution is -2.17. The normalized spacial score (nSPS) is 11.7. The second-order valence-electron chi connectivity index (χ2n) is 5.97. The molecule has 2 aromatic carbocycles. The molecule has 1 heterocycles. The van der Waals surface area contributed by atoms with Gasteiger partial charge >= 0.3 is 6.36 Å². The molecule has 0 unspecified atom stereocenters. The number of benzene rings is 2. The predicted molar refractivity (Wildman–Crippen MR) is 103 cm³/mol. The van der Waals surface area contributed by atoms with E-state index in [2.05, 4.69) is 9.46 Å². The molecule has 10 heteroatoms. The highest BCUT2D eigenvalue weighted by molar-refractivity contribution is 7.92. The Bertz CT molecular complexity index is 1180. The number of hydrogen-bond acceptors (Lipinski definition) is 5. The first-order valence-electron chi connectivity index (χ1n) is 8.06. The Hall–Kier alpha value is -3.03. The summed E-state index contributed by atoms with van der Waals surface area (Å²) in [6.07, 6.45) is -4.86. The third-order valence-corrected chi connectivity index (χ3v) is 6.11. The number of sulfonamides is 1. The Balaban J connectivity index is 1.86. The fourth-order valence-electron chi connectivity index (χ4n) is 2.48. The molecule has 0 radical (unpaired) electrons. The van der Waals surface area contributed by atoms with Crippen molar-refractivity contribution in [3.05, 3.63) is 64.4 Å². The van der Waals surface area contributed by atoms with Gasteiger partial charge in [-0.15, -0.1) is 24.5 Å². The first-order valence-corrected chi connectivity index (χ1v) is 10.4. The van der Waals surface area contributed by atoms with Gasteiger partial charge in [0.1, 0.15) is 16.7 Å². The van der Waals surface area contributed by atoms with Crippen LogP contribution in [0.3, 0.4) is 0 Å². The zero-order chi connectivity index (χ0) is 21.2. The lowest BCUT2D eigenvalue weighted by atomic mass is 10.1. The molecule has 0 saturated heterocycles. The van der Waals surface area contributed by atoms with Gasteiger partial charge in [0.2, 0.25) is 0 Å². The van der Waals surface area contributed by atoms with E-state index in [1.165, 1.54) is 11.3 Å². The second-order valence-corrected chi connectivity index (χ2v) is 8.56. The van der Waals surface area contributed by atoms with E-state index < -0.39 is 22.1 Å². The van der Waals surface area contributed by atoms with E-state index in [1.807, 2.05) is 6.07 Å². The van der Waals surface area contributed by atoms with Crippen molar-refractivity contribution < 1.29 is 26.3 Å². The van der Waals surface area contributed by atoms with Crippen LogP contribution in [0.2, 0.25) is 0 Å². The number of thiophene rings is 1. The van der Waals surface area contributed by atoms with Gasteiger partial charge in [-0.25, -0.2) is 8.42 Å². The number of halogens is 3. The molecule has 0 spiro atoms. The monoisotopic (exact) mass is 438 g/mol. The van der Waals surface area contributed by atoms with Crippen LogP contribution in [-0.2, 0) is 10.0 Å². The van der Waals surface area contributed by atoms with Gasteiger partial charge in [0, 0.05) is 0 Å². The minimum Gasteiger partial charge on any atom is -0.406 e. The number of nitriles is 1. The summed E-state index contributed by atoms with van der Waals surface area (Å²) in [5.74, 6) is -0.514. The molecular formula is C19H13F3N2O3S2. The molecule has 3 aromatic rings. The maximum absolute atomic E-state index is 12.6. The van der Waals surface area contributed by atoms with Crippen LogP contribution in [0.25, 0.3) is 11.1 Å². The number of nitrogens with one attached hydrogen (secondary N) is 1. The molecule has 0 saturated carbocycles. The Morgan fingerprint density at radius 2 is 1.76 bits per heavy atom. The Morgan fingerprint density at radius 1 is 1.07 bits per heavy atom. The number of nitrogens with zero attached hydrogens (tertiary/aromatic N) is 1. The van der Waals surface area contributed by atoms with E-state index in [9.17, 15) is 21.6 Å². The van der Waals surface area contributed by atoms with Gasteiger partial charge in [-0.2, -0.15) is 5.26 Å². The number of aryl methyl sites for hydroxylation is 1. The molecule has 3 rings (SSSR count). The first-order chi connectivity index (χ1) is 13.6. The fraction of sp³-hybridized carbons (Fsp3) is 0.105. The summed E-state index contributed by atoms with van der Waals surface area (Å²) in [4.78, 5) is 0.322. The van der Waals surface area contributed by atoms with Gasteiger partial charge in [0.25, 0.3) is 10.0 Å². The van der Waals surface area contributed by atoms with Crippen molar-refractivity contribution in [2.24, 2.45) is 0 Å². The third kappa shape index (κ3) is 5.07. The van der Waals surface area contributed by atoms with Gasteiger partial charge in [-0.1, -0.05) is 12.1 Å². The summed E-state index contributed by atoms with van der Waals surface area (Å²) < 4.78 is 68.2. The highest BCUT2D eigenvalue weighted by Gasteiger charge is 2.31. The molecule has 5 nitrogen and oxygen atoms in total. The van der Waals surface area contributed by atoms with Crippen LogP contribution in [0.15, 0.2) is 58.8 Å². The molecule has 0 atom stereocenters. The molecule has 0 aliphatic heterocycles. The van der Waals surface area contributed by atoms with Gasteiger partial charge in [-0.3, -0.25) is 4.72 Å². The average molecular weight is 438 g/mol. The van der Waals surface area contributed by atoms with Crippen molar-refractivity contribution in [1.82, 2.24) is 0 Å². The van der Waals surface area contributed by atoms with Crippen LogP contribution >= 0.6 is 11.3 Å². The maximum atomic E-state index is 12.6.